The molecule has 0 bridgehead atoms. The number of hydrogen-bond acceptors (Lipinski definition) is 9. The highest BCUT2D eigenvalue weighted by Crippen LogP contribution is 2.49. The molecule has 3 N–H and O–H groups in total. The van der Waals surface area contributed by atoms with Crippen LogP contribution in [-0.2, 0) is 25.1 Å². The van der Waals surface area contributed by atoms with Crippen molar-refractivity contribution in [1.29, 1.82) is 0 Å². The fraction of sp³-hybridized carbons (Fsp3) is 0.643. The quantitative estimate of drug-likeness (QED) is 0.592. The first-order chi connectivity index (χ1) is 11.9. The van der Waals surface area contributed by atoms with Gasteiger partial charge in [-0.05, 0) is 20.8 Å². The second kappa shape index (κ2) is 8.68. The Bertz CT molecular complexity index is 727. The number of anilines is 1. The van der Waals surface area contributed by atoms with Crippen molar-refractivity contribution >= 4 is 24.6 Å². The van der Waals surface area contributed by atoms with Crippen molar-refractivity contribution in [3.05, 3.63) is 12.7 Å². The molecule has 0 aromatic carbocycles. The number of ether oxygens (including phenoxy) is 1. The van der Waals surface area contributed by atoms with Gasteiger partial charge in [-0.2, -0.15) is 0 Å². The van der Waals surface area contributed by atoms with E-state index in [4.69, 9.17) is 19.5 Å². The van der Waals surface area contributed by atoms with E-state index in [0.29, 0.717) is 11.2 Å². The van der Waals surface area contributed by atoms with Crippen LogP contribution >= 0.6 is 7.60 Å². The second-order valence-electron chi connectivity index (χ2n) is 5.35. The van der Waals surface area contributed by atoms with E-state index in [1.807, 2.05) is 0 Å². The molecule has 2 heterocycles. The van der Waals surface area contributed by atoms with Crippen LogP contribution in [0.15, 0.2) is 12.7 Å². The maximum absolute atomic E-state index is 12.7. The van der Waals surface area contributed by atoms with E-state index in [1.54, 1.807) is 25.3 Å². The van der Waals surface area contributed by atoms with Gasteiger partial charge in [0.25, 0.3) is 0 Å². The number of nitrogens with zero attached hydrogens (tertiary/aromatic N) is 4. The molecular weight excluding hydrogens is 349 g/mol. The van der Waals surface area contributed by atoms with E-state index >= 15 is 0 Å². The summed E-state index contributed by atoms with van der Waals surface area (Å²) in [5.74, 6) is 0.271. The molecule has 140 valence electrons. The van der Waals surface area contributed by atoms with Gasteiger partial charge in [-0.25, -0.2) is 15.0 Å². The average Bonchev–Trinajstić information content (AvgIpc) is 2.96. The van der Waals surface area contributed by atoms with Gasteiger partial charge in [-0.15, -0.1) is 0 Å². The van der Waals surface area contributed by atoms with Gasteiger partial charge in [0, 0.05) is 0 Å². The molecule has 0 saturated carbocycles. The Morgan fingerprint density at radius 3 is 2.56 bits per heavy atom. The van der Waals surface area contributed by atoms with Crippen LogP contribution in [0.25, 0.3) is 11.2 Å². The summed E-state index contributed by atoms with van der Waals surface area (Å²) in [5.41, 5.74) is 6.72. The first-order valence-corrected chi connectivity index (χ1v) is 9.72. The zero-order valence-corrected chi connectivity index (χ0v) is 15.4. The summed E-state index contributed by atoms with van der Waals surface area (Å²) < 4.78 is 30.5. The summed E-state index contributed by atoms with van der Waals surface area (Å²) in [5, 5.41) is 9.97. The zero-order chi connectivity index (χ0) is 18.4. The van der Waals surface area contributed by atoms with Crippen LogP contribution in [-0.4, -0.2) is 56.2 Å². The Morgan fingerprint density at radius 2 is 1.96 bits per heavy atom. The lowest BCUT2D eigenvalue weighted by atomic mass is 10.2. The van der Waals surface area contributed by atoms with Gasteiger partial charge in [0.1, 0.15) is 18.6 Å². The van der Waals surface area contributed by atoms with Crippen LogP contribution in [0.3, 0.4) is 0 Å². The molecule has 11 heteroatoms. The van der Waals surface area contributed by atoms with Crippen LogP contribution in [0.2, 0.25) is 0 Å². The van der Waals surface area contributed by atoms with E-state index in [0.717, 1.165) is 0 Å². The molecule has 0 unspecified atom stereocenters. The monoisotopic (exact) mass is 373 g/mol. The molecule has 0 saturated heterocycles. The second-order valence-corrected chi connectivity index (χ2v) is 7.45. The van der Waals surface area contributed by atoms with Gasteiger partial charge < -0.3 is 24.6 Å². The van der Waals surface area contributed by atoms with Crippen molar-refractivity contribution in [3.8, 4) is 0 Å². The highest BCUT2D eigenvalue weighted by atomic mass is 31.2. The average molecular weight is 373 g/mol. The first kappa shape index (κ1) is 19.7. The molecule has 0 aliphatic rings. The van der Waals surface area contributed by atoms with Crippen LogP contribution in [0, 0.1) is 0 Å². The topological polar surface area (TPSA) is 135 Å². The molecular formula is C14H24N5O5P. The van der Waals surface area contributed by atoms with E-state index < -0.39 is 19.8 Å². The number of aliphatic hydroxyl groups is 1. The molecule has 0 spiro atoms. The van der Waals surface area contributed by atoms with Crippen molar-refractivity contribution in [2.24, 2.45) is 0 Å². The van der Waals surface area contributed by atoms with Crippen LogP contribution in [0.4, 0.5) is 5.82 Å². The maximum Gasteiger partial charge on any atom is 0.333 e. The van der Waals surface area contributed by atoms with Gasteiger partial charge in [-0.1, -0.05) is 0 Å². The number of fused-ring (bicyclic) bond motifs is 1. The minimum absolute atomic E-state index is 0.0424. The van der Waals surface area contributed by atoms with E-state index in [2.05, 4.69) is 15.0 Å². The lowest BCUT2D eigenvalue weighted by Gasteiger charge is -2.25. The molecule has 0 fully saturated rings. The number of aromatic nitrogens is 4. The number of nitrogens with two attached hydrogens (primary N) is 1. The Balaban J connectivity index is 2.11. The Hall–Kier alpha value is -1.58. The van der Waals surface area contributed by atoms with Gasteiger partial charge in [0.15, 0.2) is 11.5 Å². The Kier molecular flexibility index (Phi) is 6.86. The highest BCUT2D eigenvalue weighted by molar-refractivity contribution is 7.53. The fourth-order valence-corrected chi connectivity index (χ4v) is 4.19. The zero-order valence-electron chi connectivity index (χ0n) is 14.5. The highest BCUT2D eigenvalue weighted by Gasteiger charge is 2.31. The summed E-state index contributed by atoms with van der Waals surface area (Å²) in [6.45, 7) is 5.54. The predicted molar refractivity (Wildman–Crippen MR) is 92.0 cm³/mol. The number of rotatable bonds is 10. The van der Waals surface area contributed by atoms with E-state index in [1.165, 1.54) is 12.7 Å². The standard InChI is InChI=1S/C14H24N5O5P/c1-4-23-25(21,24-5-2)6-11(10(3)20)22-9-19-8-18-12-13(15)16-7-17-14(12)19/h7-8,10-11,20H,4-6,9H2,1-3H3,(H2,15,16,17)/t10-,11+/m0/s1. The summed E-state index contributed by atoms with van der Waals surface area (Å²) in [6.07, 6.45) is 1.17. The molecule has 0 radical (unpaired) electrons. The minimum atomic E-state index is -3.35. The van der Waals surface area contributed by atoms with Gasteiger partial charge in [0.05, 0.1) is 37.9 Å². The molecule has 2 aromatic rings. The van der Waals surface area contributed by atoms with E-state index in [9.17, 15) is 9.67 Å². The molecule has 2 rings (SSSR count). The molecule has 2 atom stereocenters. The lowest BCUT2D eigenvalue weighted by molar-refractivity contribution is -0.0479. The Morgan fingerprint density at radius 1 is 1.28 bits per heavy atom. The van der Waals surface area contributed by atoms with Crippen molar-refractivity contribution in [2.45, 2.75) is 39.7 Å². The van der Waals surface area contributed by atoms with Gasteiger partial charge >= 0.3 is 7.60 Å². The van der Waals surface area contributed by atoms with Crippen molar-refractivity contribution in [3.63, 3.8) is 0 Å². The summed E-state index contributed by atoms with van der Waals surface area (Å²) in [7, 11) is -3.35. The SMILES string of the molecule is CCOP(=O)(C[C@@H](OCn1cnc2c(N)ncnc21)[C@H](C)O)OCC. The molecule has 0 aliphatic carbocycles. The van der Waals surface area contributed by atoms with Gasteiger partial charge in [0.2, 0.25) is 0 Å². The normalized spacial score (nSPS) is 14.7. The molecule has 25 heavy (non-hydrogen) atoms. The molecule has 2 aromatic heterocycles. The third-order valence-electron chi connectivity index (χ3n) is 3.45. The van der Waals surface area contributed by atoms with Crippen LogP contribution in [0.5, 0.6) is 0 Å². The number of aliphatic hydroxyl groups excluding tert-OH is 1. The summed E-state index contributed by atoms with van der Waals surface area (Å²) in [6, 6.07) is 0. The van der Waals surface area contributed by atoms with Crippen LogP contribution < -0.4 is 5.73 Å². The molecule has 0 amide bonds. The molecule has 10 nitrogen and oxygen atoms in total. The summed E-state index contributed by atoms with van der Waals surface area (Å²) >= 11 is 0. The third kappa shape index (κ3) is 4.96. The van der Waals surface area contributed by atoms with Gasteiger partial charge in [-0.3, -0.25) is 9.13 Å². The third-order valence-corrected chi connectivity index (χ3v) is 5.56. The lowest BCUT2D eigenvalue weighted by Crippen LogP contribution is -2.31. The summed E-state index contributed by atoms with van der Waals surface area (Å²) in [4.78, 5) is 12.1. The smallest absolute Gasteiger partial charge is 0.333 e. The van der Waals surface area contributed by atoms with Crippen molar-refractivity contribution < 1.29 is 23.5 Å². The first-order valence-electron chi connectivity index (χ1n) is 7.99. The fourth-order valence-electron chi connectivity index (χ4n) is 2.27. The maximum atomic E-state index is 12.7. The van der Waals surface area contributed by atoms with E-state index in [-0.39, 0.29) is 31.9 Å². The van der Waals surface area contributed by atoms with Crippen molar-refractivity contribution in [1.82, 2.24) is 19.5 Å². The number of hydrogen-bond donors (Lipinski definition) is 2. The number of nitrogen functional groups attached to an aromatic ring is 1. The molecule has 0 aliphatic heterocycles. The minimum Gasteiger partial charge on any atom is -0.391 e. The Labute approximate surface area is 145 Å². The largest absolute Gasteiger partial charge is 0.391 e. The van der Waals surface area contributed by atoms with Crippen LogP contribution in [0.1, 0.15) is 20.8 Å². The predicted octanol–water partition coefficient (Wildman–Crippen LogP) is 1.40. The van der Waals surface area contributed by atoms with Crippen molar-refractivity contribution in [2.75, 3.05) is 25.1 Å². The number of imidazole rings is 1.